The number of nitrogens with one attached hydrogen (secondary N) is 2. The lowest BCUT2D eigenvalue weighted by atomic mass is 10.3. The zero-order valence-electron chi connectivity index (χ0n) is 10.7. The van der Waals surface area contributed by atoms with Gasteiger partial charge in [0, 0.05) is 31.5 Å². The van der Waals surface area contributed by atoms with Crippen molar-refractivity contribution in [1.82, 2.24) is 20.1 Å². The summed E-state index contributed by atoms with van der Waals surface area (Å²) < 4.78 is 7.24. The van der Waals surface area contributed by atoms with Gasteiger partial charge in [0.15, 0.2) is 11.5 Å². The number of furan rings is 1. The zero-order chi connectivity index (χ0) is 13.8. The van der Waals surface area contributed by atoms with E-state index < -0.39 is 0 Å². The van der Waals surface area contributed by atoms with Gasteiger partial charge in [-0.2, -0.15) is 5.10 Å². The fourth-order valence-corrected chi connectivity index (χ4v) is 1.90. The van der Waals surface area contributed by atoms with Crippen LogP contribution in [0.3, 0.4) is 0 Å². The Bertz CT molecular complexity index is 668. The lowest BCUT2D eigenvalue weighted by molar-refractivity contribution is 0.0947. The summed E-state index contributed by atoms with van der Waals surface area (Å²) in [6.45, 7) is 1.28. The molecule has 3 rings (SSSR count). The van der Waals surface area contributed by atoms with Crippen LogP contribution in [0.15, 0.2) is 53.4 Å². The minimum absolute atomic E-state index is 0.203. The van der Waals surface area contributed by atoms with E-state index in [4.69, 9.17) is 4.42 Å². The first-order valence-electron chi connectivity index (χ1n) is 6.31. The van der Waals surface area contributed by atoms with Gasteiger partial charge in [-0.25, -0.2) is 0 Å². The molecule has 3 aromatic rings. The third-order valence-corrected chi connectivity index (χ3v) is 2.92. The van der Waals surface area contributed by atoms with Crippen LogP contribution >= 0.6 is 0 Å². The summed E-state index contributed by atoms with van der Waals surface area (Å²) in [5.74, 6) is 0.454. The lowest BCUT2D eigenvalue weighted by Gasteiger charge is -2.03. The SMILES string of the molecule is O=C(NCCn1cccc1)c1cc(-c2ccco2)[nH]n1. The molecular weight excluding hydrogens is 256 g/mol. The summed E-state index contributed by atoms with van der Waals surface area (Å²) in [5.41, 5.74) is 1.04. The molecule has 0 atom stereocenters. The predicted octanol–water partition coefficient (Wildman–Crippen LogP) is 1.90. The third kappa shape index (κ3) is 2.64. The Hall–Kier alpha value is -2.76. The van der Waals surface area contributed by atoms with E-state index in [1.165, 1.54) is 0 Å². The molecule has 0 bridgehead atoms. The molecule has 0 unspecified atom stereocenters. The highest BCUT2D eigenvalue weighted by molar-refractivity contribution is 5.93. The van der Waals surface area contributed by atoms with Crippen LogP contribution in [0.2, 0.25) is 0 Å². The highest BCUT2D eigenvalue weighted by Crippen LogP contribution is 2.17. The van der Waals surface area contributed by atoms with Crippen LogP contribution in [0.4, 0.5) is 0 Å². The van der Waals surface area contributed by atoms with Crippen molar-refractivity contribution in [3.63, 3.8) is 0 Å². The molecule has 0 aliphatic rings. The number of H-pyrrole nitrogens is 1. The van der Waals surface area contributed by atoms with Crippen molar-refractivity contribution in [2.75, 3.05) is 6.54 Å². The molecule has 0 aliphatic carbocycles. The zero-order valence-corrected chi connectivity index (χ0v) is 10.7. The van der Waals surface area contributed by atoms with Crippen molar-refractivity contribution in [2.45, 2.75) is 6.54 Å². The van der Waals surface area contributed by atoms with Crippen LogP contribution in [0, 0.1) is 0 Å². The normalized spacial score (nSPS) is 10.6. The standard InChI is InChI=1S/C14H14N4O2/c19-14(15-5-8-18-6-1-2-7-18)12-10-11(16-17-12)13-4-3-9-20-13/h1-4,6-7,9-10H,5,8H2,(H,15,19)(H,16,17). The van der Waals surface area contributed by atoms with Crippen LogP contribution in [0.25, 0.3) is 11.5 Å². The summed E-state index contributed by atoms with van der Waals surface area (Å²) in [7, 11) is 0. The predicted molar refractivity (Wildman–Crippen MR) is 73.1 cm³/mol. The molecule has 0 saturated carbocycles. The van der Waals surface area contributed by atoms with E-state index in [-0.39, 0.29) is 5.91 Å². The van der Waals surface area contributed by atoms with Crippen molar-refractivity contribution in [2.24, 2.45) is 0 Å². The van der Waals surface area contributed by atoms with Gasteiger partial charge in [0.05, 0.1) is 6.26 Å². The summed E-state index contributed by atoms with van der Waals surface area (Å²) in [5, 5.41) is 9.59. The molecule has 1 amide bonds. The highest BCUT2D eigenvalue weighted by atomic mass is 16.3. The van der Waals surface area contributed by atoms with Crippen molar-refractivity contribution >= 4 is 5.91 Å². The first-order chi connectivity index (χ1) is 9.83. The molecular formula is C14H14N4O2. The Morgan fingerprint density at radius 3 is 2.95 bits per heavy atom. The maximum atomic E-state index is 11.9. The Morgan fingerprint density at radius 1 is 1.35 bits per heavy atom. The van der Waals surface area contributed by atoms with Crippen molar-refractivity contribution in [3.8, 4) is 11.5 Å². The van der Waals surface area contributed by atoms with Crippen LogP contribution in [-0.2, 0) is 6.54 Å². The highest BCUT2D eigenvalue weighted by Gasteiger charge is 2.11. The van der Waals surface area contributed by atoms with Crippen molar-refractivity contribution in [3.05, 3.63) is 54.7 Å². The number of carbonyl (C=O) groups excluding carboxylic acids is 1. The molecule has 6 nitrogen and oxygen atoms in total. The first-order valence-corrected chi connectivity index (χ1v) is 6.31. The monoisotopic (exact) mass is 270 g/mol. The molecule has 3 heterocycles. The molecule has 0 spiro atoms. The largest absolute Gasteiger partial charge is 0.463 e. The van der Waals surface area contributed by atoms with Gasteiger partial charge < -0.3 is 14.3 Å². The number of rotatable bonds is 5. The molecule has 0 aliphatic heterocycles. The summed E-state index contributed by atoms with van der Waals surface area (Å²) in [6, 6.07) is 9.16. The molecule has 20 heavy (non-hydrogen) atoms. The number of aromatic amines is 1. The summed E-state index contributed by atoms with van der Waals surface area (Å²) >= 11 is 0. The summed E-state index contributed by atoms with van der Waals surface area (Å²) in [6.07, 6.45) is 5.48. The average molecular weight is 270 g/mol. The van der Waals surface area contributed by atoms with Crippen LogP contribution in [-0.4, -0.2) is 27.2 Å². The second-order valence-electron chi connectivity index (χ2n) is 4.32. The Kier molecular flexibility index (Phi) is 3.36. The van der Waals surface area contributed by atoms with Crippen LogP contribution in [0.1, 0.15) is 10.5 Å². The van der Waals surface area contributed by atoms with Gasteiger partial charge >= 0.3 is 0 Å². The Labute approximate surface area is 115 Å². The Morgan fingerprint density at radius 2 is 2.20 bits per heavy atom. The smallest absolute Gasteiger partial charge is 0.271 e. The van der Waals surface area contributed by atoms with E-state index in [0.717, 1.165) is 6.54 Å². The molecule has 102 valence electrons. The number of amides is 1. The first kappa shape index (κ1) is 12.3. The molecule has 3 aromatic heterocycles. The van der Waals surface area contributed by atoms with E-state index in [2.05, 4.69) is 15.5 Å². The third-order valence-electron chi connectivity index (χ3n) is 2.92. The van der Waals surface area contributed by atoms with Gasteiger partial charge in [-0.1, -0.05) is 0 Å². The fraction of sp³-hybridized carbons (Fsp3) is 0.143. The number of carbonyl (C=O) groups is 1. The maximum absolute atomic E-state index is 11.9. The van der Waals surface area contributed by atoms with Gasteiger partial charge in [-0.3, -0.25) is 9.89 Å². The fourth-order valence-electron chi connectivity index (χ4n) is 1.90. The molecule has 6 heteroatoms. The number of hydrogen-bond donors (Lipinski definition) is 2. The van der Waals surface area contributed by atoms with Gasteiger partial charge in [-0.15, -0.1) is 0 Å². The molecule has 0 fully saturated rings. The molecule has 0 aromatic carbocycles. The van der Waals surface area contributed by atoms with E-state index in [1.807, 2.05) is 29.1 Å². The van der Waals surface area contributed by atoms with Gasteiger partial charge in [0.25, 0.3) is 5.91 Å². The second-order valence-corrected chi connectivity index (χ2v) is 4.32. The molecule has 2 N–H and O–H groups in total. The number of aromatic nitrogens is 3. The van der Waals surface area contributed by atoms with E-state index >= 15 is 0 Å². The minimum atomic E-state index is -0.203. The minimum Gasteiger partial charge on any atom is -0.463 e. The van der Waals surface area contributed by atoms with E-state index in [9.17, 15) is 4.79 Å². The van der Waals surface area contributed by atoms with Gasteiger partial charge in [0.2, 0.25) is 0 Å². The molecule has 0 saturated heterocycles. The van der Waals surface area contributed by atoms with Crippen molar-refractivity contribution in [1.29, 1.82) is 0 Å². The van der Waals surface area contributed by atoms with Gasteiger partial charge in [0.1, 0.15) is 5.69 Å². The Balaban J connectivity index is 1.57. The van der Waals surface area contributed by atoms with Crippen molar-refractivity contribution < 1.29 is 9.21 Å². The number of nitrogens with zero attached hydrogens (tertiary/aromatic N) is 2. The van der Waals surface area contributed by atoms with E-state index in [0.29, 0.717) is 23.7 Å². The van der Waals surface area contributed by atoms with E-state index in [1.54, 1.807) is 24.5 Å². The lowest BCUT2D eigenvalue weighted by Crippen LogP contribution is -2.27. The summed E-state index contributed by atoms with van der Waals surface area (Å²) in [4.78, 5) is 11.9. The average Bonchev–Trinajstić information content (AvgIpc) is 3.20. The quantitative estimate of drug-likeness (QED) is 0.743. The van der Waals surface area contributed by atoms with Gasteiger partial charge in [-0.05, 0) is 24.3 Å². The van der Waals surface area contributed by atoms with Crippen LogP contribution in [0.5, 0.6) is 0 Å². The second kappa shape index (κ2) is 5.48. The number of hydrogen-bond acceptors (Lipinski definition) is 3. The molecule has 0 radical (unpaired) electrons. The topological polar surface area (TPSA) is 75.8 Å². The maximum Gasteiger partial charge on any atom is 0.271 e. The van der Waals surface area contributed by atoms with Crippen LogP contribution < -0.4 is 5.32 Å².